The van der Waals surface area contributed by atoms with Crippen LogP contribution in [0.25, 0.3) is 0 Å². The molecule has 0 amide bonds. The van der Waals surface area contributed by atoms with Crippen molar-refractivity contribution in [3.8, 4) is 0 Å². The summed E-state index contributed by atoms with van der Waals surface area (Å²) in [5, 5.41) is 13.6. The number of rotatable bonds is 2. The van der Waals surface area contributed by atoms with E-state index in [2.05, 4.69) is 22.5 Å². The molecule has 0 radical (unpaired) electrons. The number of hydrogen-bond donors (Lipinski definition) is 2. The van der Waals surface area contributed by atoms with Crippen molar-refractivity contribution in [1.82, 2.24) is 4.98 Å². The number of nitrogens with zero attached hydrogens (tertiary/aromatic N) is 1. The molecule has 116 valence electrons. The highest BCUT2D eigenvalue weighted by Crippen LogP contribution is 2.52. The number of benzene rings is 1. The van der Waals surface area contributed by atoms with Crippen molar-refractivity contribution in [3.05, 3.63) is 70.5 Å². The van der Waals surface area contributed by atoms with Gasteiger partial charge >= 0.3 is 5.97 Å². The summed E-state index contributed by atoms with van der Waals surface area (Å²) in [7, 11) is 0. The first-order valence-electron chi connectivity index (χ1n) is 7.55. The van der Waals surface area contributed by atoms with Gasteiger partial charge in [-0.3, -0.25) is 4.98 Å². The van der Waals surface area contributed by atoms with Crippen molar-refractivity contribution in [1.29, 1.82) is 0 Å². The van der Waals surface area contributed by atoms with E-state index in [1.165, 1.54) is 0 Å². The van der Waals surface area contributed by atoms with Crippen LogP contribution in [0.2, 0.25) is 5.02 Å². The van der Waals surface area contributed by atoms with E-state index in [1.54, 1.807) is 18.3 Å². The molecule has 2 N–H and O–H groups in total. The third kappa shape index (κ3) is 2.21. The fourth-order valence-electron chi connectivity index (χ4n) is 3.75. The predicted octanol–water partition coefficient (Wildman–Crippen LogP) is 4.26. The van der Waals surface area contributed by atoms with Crippen molar-refractivity contribution in [2.24, 2.45) is 5.92 Å². The second kappa shape index (κ2) is 5.39. The van der Waals surface area contributed by atoms with E-state index in [4.69, 9.17) is 11.6 Å². The van der Waals surface area contributed by atoms with Gasteiger partial charge in [0.15, 0.2) is 0 Å². The lowest BCUT2D eigenvalue weighted by molar-refractivity contribution is 0.0695. The van der Waals surface area contributed by atoms with Crippen LogP contribution >= 0.6 is 11.6 Å². The summed E-state index contributed by atoms with van der Waals surface area (Å²) in [6.07, 6.45) is 8.74. The molecular formula is C18H15ClN2O2. The number of anilines is 1. The van der Waals surface area contributed by atoms with Crippen LogP contribution in [0.5, 0.6) is 0 Å². The summed E-state index contributed by atoms with van der Waals surface area (Å²) in [4.78, 5) is 15.8. The monoisotopic (exact) mass is 326 g/mol. The zero-order valence-electron chi connectivity index (χ0n) is 12.2. The van der Waals surface area contributed by atoms with Crippen LogP contribution in [0, 0.1) is 5.92 Å². The van der Waals surface area contributed by atoms with Crippen molar-refractivity contribution in [3.63, 3.8) is 0 Å². The zero-order valence-corrected chi connectivity index (χ0v) is 13.0. The second-order valence-electron chi connectivity index (χ2n) is 5.95. The summed E-state index contributed by atoms with van der Waals surface area (Å²) >= 11 is 6.37. The van der Waals surface area contributed by atoms with E-state index in [9.17, 15) is 9.90 Å². The van der Waals surface area contributed by atoms with E-state index >= 15 is 0 Å². The Labute approximate surface area is 138 Å². The minimum atomic E-state index is -0.918. The Balaban J connectivity index is 1.89. The van der Waals surface area contributed by atoms with E-state index in [0.29, 0.717) is 10.6 Å². The molecule has 5 heteroatoms. The topological polar surface area (TPSA) is 62.2 Å². The normalized spacial score (nSPS) is 24.7. The first-order valence-corrected chi connectivity index (χ1v) is 7.93. The highest BCUT2D eigenvalue weighted by Gasteiger charge is 2.40. The lowest BCUT2D eigenvalue weighted by Crippen LogP contribution is -2.30. The highest BCUT2D eigenvalue weighted by atomic mass is 35.5. The van der Waals surface area contributed by atoms with Gasteiger partial charge in [-0.2, -0.15) is 0 Å². The fourth-order valence-corrected chi connectivity index (χ4v) is 3.97. The number of carbonyl (C=O) groups is 1. The SMILES string of the molecule is O=C(O)c1ccc(Cl)c2c1[C@@H]1C=CC[C@@H]1[C@H](c1cccnc1)N2. The molecule has 0 unspecified atom stereocenters. The van der Waals surface area contributed by atoms with Gasteiger partial charge in [0, 0.05) is 18.3 Å². The van der Waals surface area contributed by atoms with Gasteiger partial charge in [-0.1, -0.05) is 29.8 Å². The first kappa shape index (κ1) is 14.3. The summed E-state index contributed by atoms with van der Waals surface area (Å²) in [6, 6.07) is 7.27. The van der Waals surface area contributed by atoms with Crippen LogP contribution in [-0.2, 0) is 0 Å². The van der Waals surface area contributed by atoms with Gasteiger partial charge in [-0.25, -0.2) is 4.79 Å². The van der Waals surface area contributed by atoms with Gasteiger partial charge in [0.05, 0.1) is 22.3 Å². The molecular weight excluding hydrogens is 312 g/mol. The Hall–Kier alpha value is -2.33. The van der Waals surface area contributed by atoms with Gasteiger partial charge in [0.2, 0.25) is 0 Å². The summed E-state index contributed by atoms with van der Waals surface area (Å²) in [5.41, 5.74) is 2.94. The number of carboxylic acid groups (broad SMARTS) is 1. The molecule has 4 rings (SSSR count). The molecule has 1 aliphatic heterocycles. The first-order chi connectivity index (χ1) is 11.2. The molecule has 1 aromatic heterocycles. The van der Waals surface area contributed by atoms with Gasteiger partial charge in [0.25, 0.3) is 0 Å². The molecule has 2 heterocycles. The highest BCUT2D eigenvalue weighted by molar-refractivity contribution is 6.33. The third-order valence-electron chi connectivity index (χ3n) is 4.74. The van der Waals surface area contributed by atoms with Crippen molar-refractivity contribution >= 4 is 23.3 Å². The average molecular weight is 327 g/mol. The Morgan fingerprint density at radius 1 is 1.35 bits per heavy atom. The Kier molecular flexibility index (Phi) is 3.34. The largest absolute Gasteiger partial charge is 0.478 e. The van der Waals surface area contributed by atoms with Gasteiger partial charge in [0.1, 0.15) is 0 Å². The molecule has 23 heavy (non-hydrogen) atoms. The van der Waals surface area contributed by atoms with E-state index < -0.39 is 5.97 Å². The summed E-state index contributed by atoms with van der Waals surface area (Å²) < 4.78 is 0. The quantitative estimate of drug-likeness (QED) is 0.809. The van der Waals surface area contributed by atoms with Crippen molar-refractivity contribution < 1.29 is 9.90 Å². The summed E-state index contributed by atoms with van der Waals surface area (Å²) in [5.74, 6) is -0.594. The molecule has 1 aliphatic carbocycles. The van der Waals surface area contributed by atoms with E-state index in [-0.39, 0.29) is 17.9 Å². The summed E-state index contributed by atoms with van der Waals surface area (Å²) in [6.45, 7) is 0. The van der Waals surface area contributed by atoms with Gasteiger partial charge in [-0.05, 0) is 41.7 Å². The smallest absolute Gasteiger partial charge is 0.336 e. The third-order valence-corrected chi connectivity index (χ3v) is 5.06. The number of aromatic carboxylic acids is 1. The number of fused-ring (bicyclic) bond motifs is 3. The Morgan fingerprint density at radius 3 is 2.96 bits per heavy atom. The minimum absolute atomic E-state index is 0.0567. The van der Waals surface area contributed by atoms with Crippen LogP contribution in [0.3, 0.4) is 0 Å². The number of pyridine rings is 1. The fraction of sp³-hybridized carbons (Fsp3) is 0.222. The van der Waals surface area contributed by atoms with Crippen LogP contribution in [0.15, 0.2) is 48.8 Å². The van der Waals surface area contributed by atoms with Gasteiger partial charge in [-0.15, -0.1) is 0 Å². The molecule has 0 spiro atoms. The van der Waals surface area contributed by atoms with Crippen LogP contribution in [-0.4, -0.2) is 16.1 Å². The standard InChI is InChI=1S/C18H15ClN2O2/c19-14-7-6-13(18(22)23)15-11-4-1-5-12(11)16(21-17(14)15)10-3-2-8-20-9-10/h1-4,6-9,11-12,16,21H,5H2,(H,22,23)/t11-,12+,16+/m1/s1. The maximum Gasteiger partial charge on any atom is 0.336 e. The minimum Gasteiger partial charge on any atom is -0.478 e. The number of aromatic nitrogens is 1. The molecule has 4 nitrogen and oxygen atoms in total. The van der Waals surface area contributed by atoms with Crippen LogP contribution in [0.1, 0.15) is 39.9 Å². The number of carboxylic acids is 1. The second-order valence-corrected chi connectivity index (χ2v) is 6.36. The maximum atomic E-state index is 11.6. The molecule has 0 saturated heterocycles. The van der Waals surface area contributed by atoms with Crippen molar-refractivity contribution in [2.45, 2.75) is 18.4 Å². The average Bonchev–Trinajstić information content (AvgIpc) is 3.05. The molecule has 0 saturated carbocycles. The lowest BCUT2D eigenvalue weighted by atomic mass is 9.75. The predicted molar refractivity (Wildman–Crippen MR) is 89.0 cm³/mol. The Morgan fingerprint density at radius 2 is 2.22 bits per heavy atom. The maximum absolute atomic E-state index is 11.6. The van der Waals surface area contributed by atoms with Crippen LogP contribution in [0.4, 0.5) is 5.69 Å². The van der Waals surface area contributed by atoms with Gasteiger partial charge < -0.3 is 10.4 Å². The number of hydrogen-bond acceptors (Lipinski definition) is 3. The molecule has 3 atom stereocenters. The molecule has 2 aromatic rings. The molecule has 2 aliphatic rings. The molecule has 1 aromatic carbocycles. The molecule has 0 fully saturated rings. The van der Waals surface area contributed by atoms with E-state index in [1.807, 2.05) is 18.3 Å². The lowest BCUT2D eigenvalue weighted by Gasteiger charge is -2.38. The zero-order chi connectivity index (χ0) is 16.0. The van der Waals surface area contributed by atoms with Crippen molar-refractivity contribution in [2.75, 3.05) is 5.32 Å². The number of halogens is 1. The van der Waals surface area contributed by atoms with Crippen LogP contribution < -0.4 is 5.32 Å². The molecule has 0 bridgehead atoms. The number of nitrogens with one attached hydrogen (secondary N) is 1. The Bertz CT molecular complexity index is 804. The van der Waals surface area contributed by atoms with E-state index in [0.717, 1.165) is 23.2 Å². The number of allylic oxidation sites excluding steroid dienone is 2.